The zero-order valence-electron chi connectivity index (χ0n) is 15.3. The molecule has 5 nitrogen and oxygen atoms in total. The molecule has 1 aliphatic rings. The van der Waals surface area contributed by atoms with Gasteiger partial charge in [-0.05, 0) is 42.2 Å². The molecule has 0 unspecified atom stereocenters. The van der Waals surface area contributed by atoms with Crippen LogP contribution in [0.5, 0.6) is 0 Å². The first-order valence-electron chi connectivity index (χ1n) is 8.95. The molecule has 3 aromatic rings. The summed E-state index contributed by atoms with van der Waals surface area (Å²) in [4.78, 5) is 8.65. The summed E-state index contributed by atoms with van der Waals surface area (Å²) in [5.74, 6) is 2.33. The van der Waals surface area contributed by atoms with E-state index < -0.39 is 0 Å². The predicted octanol–water partition coefficient (Wildman–Crippen LogP) is 4.51. The van der Waals surface area contributed by atoms with E-state index in [1.165, 1.54) is 24.0 Å². The quantitative estimate of drug-likeness (QED) is 0.762. The third kappa shape index (κ3) is 3.23. The normalized spacial score (nSPS) is 16.2. The van der Waals surface area contributed by atoms with Crippen molar-refractivity contribution in [3.05, 3.63) is 53.5 Å². The highest BCUT2D eigenvalue weighted by Gasteiger charge is 2.28. The van der Waals surface area contributed by atoms with Gasteiger partial charge in [-0.3, -0.25) is 0 Å². The zero-order chi connectivity index (χ0) is 17.6. The van der Waals surface area contributed by atoms with Gasteiger partial charge in [-0.25, -0.2) is 4.98 Å². The van der Waals surface area contributed by atoms with Crippen LogP contribution in [0.3, 0.4) is 0 Å². The van der Waals surface area contributed by atoms with Crippen LogP contribution >= 0.6 is 0 Å². The summed E-state index contributed by atoms with van der Waals surface area (Å²) in [7, 11) is 0. The van der Waals surface area contributed by atoms with E-state index in [0.29, 0.717) is 5.78 Å². The molecule has 5 heteroatoms. The largest absolute Gasteiger partial charge is 0.363 e. The first-order chi connectivity index (χ1) is 11.9. The van der Waals surface area contributed by atoms with E-state index in [-0.39, 0.29) is 11.5 Å². The van der Waals surface area contributed by atoms with Crippen molar-refractivity contribution in [2.45, 2.75) is 52.5 Å². The summed E-state index contributed by atoms with van der Waals surface area (Å²) in [5.41, 5.74) is 3.74. The lowest BCUT2D eigenvalue weighted by Crippen LogP contribution is -2.27. The molecule has 0 saturated heterocycles. The van der Waals surface area contributed by atoms with Crippen LogP contribution in [-0.2, 0) is 0 Å². The van der Waals surface area contributed by atoms with Crippen LogP contribution in [0.15, 0.2) is 36.7 Å². The minimum Gasteiger partial charge on any atom is -0.363 e. The number of hydrogen-bond donors (Lipinski definition) is 1. The molecular weight excluding hydrogens is 310 g/mol. The number of aryl methyl sites for hydroxylation is 1. The lowest BCUT2D eigenvalue weighted by atomic mass is 9.82. The summed E-state index contributed by atoms with van der Waals surface area (Å²) in [6, 6.07) is 11.3. The van der Waals surface area contributed by atoms with E-state index in [1.54, 1.807) is 10.8 Å². The minimum absolute atomic E-state index is 0.0468. The maximum absolute atomic E-state index is 4.43. The van der Waals surface area contributed by atoms with E-state index in [0.717, 1.165) is 17.4 Å². The number of nitrogens with one attached hydrogen (secondary N) is 1. The molecule has 1 atom stereocenters. The standard InChI is InChI=1S/C20H25N5/c1-13-11-17(25-19(23-13)21-12-22-25)24-18(20(2,3)4)16-9-7-15(8-10-16)14-5-6-14/h7-12,14,18,24H,5-6H2,1-4H3/t18-/m0/s1. The number of rotatable bonds is 4. The van der Waals surface area contributed by atoms with Crippen LogP contribution in [0.25, 0.3) is 5.78 Å². The van der Waals surface area contributed by atoms with Crippen LogP contribution in [0.2, 0.25) is 0 Å². The highest BCUT2D eigenvalue weighted by molar-refractivity contribution is 5.47. The summed E-state index contributed by atoms with van der Waals surface area (Å²) >= 11 is 0. The summed E-state index contributed by atoms with van der Waals surface area (Å²) in [6.07, 6.45) is 4.21. The van der Waals surface area contributed by atoms with Gasteiger partial charge in [-0.2, -0.15) is 14.6 Å². The minimum atomic E-state index is 0.0468. The molecule has 2 heterocycles. The molecule has 2 aromatic heterocycles. The first kappa shape index (κ1) is 16.1. The monoisotopic (exact) mass is 335 g/mol. The molecule has 130 valence electrons. The Labute approximate surface area is 148 Å². The van der Waals surface area contributed by atoms with Crippen molar-refractivity contribution < 1.29 is 0 Å². The molecule has 0 spiro atoms. The van der Waals surface area contributed by atoms with Crippen LogP contribution < -0.4 is 5.32 Å². The van der Waals surface area contributed by atoms with Gasteiger partial charge in [0.15, 0.2) is 0 Å². The Morgan fingerprint density at radius 1 is 1.16 bits per heavy atom. The van der Waals surface area contributed by atoms with E-state index >= 15 is 0 Å². The SMILES string of the molecule is Cc1cc(N[C@@H](c2ccc(C3CC3)cc2)C(C)(C)C)n2ncnc2n1. The molecule has 25 heavy (non-hydrogen) atoms. The highest BCUT2D eigenvalue weighted by atomic mass is 15.4. The maximum Gasteiger partial charge on any atom is 0.254 e. The van der Waals surface area contributed by atoms with E-state index in [9.17, 15) is 0 Å². The third-order valence-electron chi connectivity index (χ3n) is 4.86. The molecule has 0 aliphatic heterocycles. The van der Waals surface area contributed by atoms with Gasteiger partial charge >= 0.3 is 0 Å². The van der Waals surface area contributed by atoms with Gasteiger partial charge < -0.3 is 5.32 Å². The van der Waals surface area contributed by atoms with Gasteiger partial charge in [0, 0.05) is 11.8 Å². The molecule has 0 bridgehead atoms. The molecule has 0 radical (unpaired) electrons. The van der Waals surface area contributed by atoms with E-state index in [1.807, 2.05) is 13.0 Å². The number of benzene rings is 1. The Morgan fingerprint density at radius 2 is 1.88 bits per heavy atom. The van der Waals surface area contributed by atoms with E-state index in [4.69, 9.17) is 0 Å². The molecule has 4 rings (SSSR count). The predicted molar refractivity (Wildman–Crippen MR) is 99.8 cm³/mol. The fourth-order valence-electron chi connectivity index (χ4n) is 3.36. The van der Waals surface area contributed by atoms with Crippen molar-refractivity contribution in [1.29, 1.82) is 0 Å². The second kappa shape index (κ2) is 5.83. The topological polar surface area (TPSA) is 55.1 Å². The second-order valence-electron chi connectivity index (χ2n) is 8.14. The van der Waals surface area contributed by atoms with Gasteiger partial charge in [0.05, 0.1) is 6.04 Å². The summed E-state index contributed by atoms with van der Waals surface area (Å²) in [6.45, 7) is 8.75. The Balaban J connectivity index is 1.70. The molecular formula is C20H25N5. The van der Waals surface area contributed by atoms with Gasteiger partial charge in [0.25, 0.3) is 5.78 Å². The van der Waals surface area contributed by atoms with Gasteiger partial charge in [-0.15, -0.1) is 0 Å². The maximum atomic E-state index is 4.43. The average Bonchev–Trinajstić information content (AvgIpc) is 3.30. The number of anilines is 1. The molecule has 1 N–H and O–H groups in total. The Bertz CT molecular complexity index is 885. The van der Waals surface area contributed by atoms with Gasteiger partial charge in [0.2, 0.25) is 0 Å². The fourth-order valence-corrected chi connectivity index (χ4v) is 3.36. The van der Waals surface area contributed by atoms with E-state index in [2.05, 4.69) is 65.4 Å². The Morgan fingerprint density at radius 3 is 2.52 bits per heavy atom. The van der Waals surface area contributed by atoms with Gasteiger partial charge in [-0.1, -0.05) is 45.0 Å². The number of hydrogen-bond acceptors (Lipinski definition) is 4. The van der Waals surface area contributed by atoms with Crippen LogP contribution in [0.1, 0.15) is 62.4 Å². The molecule has 1 fully saturated rings. The summed E-state index contributed by atoms with van der Waals surface area (Å²) in [5, 5.41) is 8.00. The number of fused-ring (bicyclic) bond motifs is 1. The fraction of sp³-hybridized carbons (Fsp3) is 0.450. The second-order valence-corrected chi connectivity index (χ2v) is 8.14. The Hall–Kier alpha value is -2.43. The van der Waals surface area contributed by atoms with Gasteiger partial charge in [0.1, 0.15) is 12.1 Å². The lowest BCUT2D eigenvalue weighted by Gasteiger charge is -2.33. The molecule has 1 aliphatic carbocycles. The van der Waals surface area contributed by atoms with Crippen LogP contribution in [-0.4, -0.2) is 19.6 Å². The van der Waals surface area contributed by atoms with Crippen molar-refractivity contribution in [1.82, 2.24) is 19.6 Å². The zero-order valence-corrected chi connectivity index (χ0v) is 15.3. The highest BCUT2D eigenvalue weighted by Crippen LogP contribution is 2.41. The third-order valence-corrected chi connectivity index (χ3v) is 4.86. The van der Waals surface area contributed by atoms with Crippen molar-refractivity contribution in [3.8, 4) is 0 Å². The van der Waals surface area contributed by atoms with Crippen molar-refractivity contribution in [2.75, 3.05) is 5.32 Å². The number of aromatic nitrogens is 4. The number of nitrogens with zero attached hydrogens (tertiary/aromatic N) is 4. The average molecular weight is 335 g/mol. The lowest BCUT2D eigenvalue weighted by molar-refractivity contribution is 0.346. The van der Waals surface area contributed by atoms with Crippen molar-refractivity contribution in [2.24, 2.45) is 5.41 Å². The molecule has 1 aromatic carbocycles. The Kier molecular flexibility index (Phi) is 3.74. The van der Waals surface area contributed by atoms with Crippen molar-refractivity contribution >= 4 is 11.6 Å². The molecule has 0 amide bonds. The first-order valence-corrected chi connectivity index (χ1v) is 8.95. The molecule has 1 saturated carbocycles. The van der Waals surface area contributed by atoms with Crippen LogP contribution in [0.4, 0.5) is 5.82 Å². The van der Waals surface area contributed by atoms with Crippen LogP contribution in [0, 0.1) is 12.3 Å². The van der Waals surface area contributed by atoms with Crippen molar-refractivity contribution in [3.63, 3.8) is 0 Å². The smallest absolute Gasteiger partial charge is 0.254 e. The summed E-state index contributed by atoms with van der Waals surface area (Å²) < 4.78 is 1.77.